The normalized spacial score (nSPS) is 16.3. The van der Waals surface area contributed by atoms with E-state index in [0.717, 1.165) is 5.69 Å². The molecule has 3 atom stereocenters. The average Bonchev–Trinajstić information content (AvgIpc) is 3.41. The molecule has 10 heteroatoms. The lowest BCUT2D eigenvalue weighted by Crippen LogP contribution is -2.25. The van der Waals surface area contributed by atoms with Crippen molar-refractivity contribution in [1.82, 2.24) is 9.97 Å². The van der Waals surface area contributed by atoms with Gasteiger partial charge in [-0.25, -0.2) is 14.8 Å². The summed E-state index contributed by atoms with van der Waals surface area (Å²) < 4.78 is 15.5. The Bertz CT molecular complexity index is 903. The van der Waals surface area contributed by atoms with Gasteiger partial charge in [-0.2, -0.15) is 0 Å². The number of nitrogens with zero attached hydrogens (tertiary/aromatic N) is 2. The van der Waals surface area contributed by atoms with Gasteiger partial charge < -0.3 is 24.4 Å². The third-order valence-corrected chi connectivity index (χ3v) is 6.36. The van der Waals surface area contributed by atoms with E-state index in [2.05, 4.69) is 14.7 Å². The van der Waals surface area contributed by atoms with Gasteiger partial charge in [-0.05, 0) is 13.0 Å². The number of hydrogen-bond donors (Lipinski definition) is 2. The molecule has 0 bridgehead atoms. The minimum atomic E-state index is -1.37. The Balaban J connectivity index is 2.15. The molecule has 0 radical (unpaired) electrons. The lowest BCUT2D eigenvalue weighted by Gasteiger charge is -2.21. The molecule has 0 spiro atoms. The summed E-state index contributed by atoms with van der Waals surface area (Å²) in [6.45, 7) is 2.99. The summed E-state index contributed by atoms with van der Waals surface area (Å²) in [6, 6.07) is 0. The zero-order valence-corrected chi connectivity index (χ0v) is 19.1. The van der Waals surface area contributed by atoms with Crippen LogP contribution in [-0.2, 0) is 24.6 Å². The second kappa shape index (κ2) is 10.8. The van der Waals surface area contributed by atoms with Crippen molar-refractivity contribution in [3.8, 4) is 10.7 Å². The number of aliphatic hydroxyl groups is 2. The highest BCUT2D eigenvalue weighted by molar-refractivity contribution is 7.14. The minimum Gasteiger partial charge on any atom is -0.500 e. The number of ether oxygens (including phenoxy) is 3. The Morgan fingerprint density at radius 2 is 1.97 bits per heavy atom. The van der Waals surface area contributed by atoms with Crippen molar-refractivity contribution in [3.63, 3.8) is 0 Å². The molecule has 2 rings (SSSR count). The van der Waals surface area contributed by atoms with Gasteiger partial charge in [-0.15, -0.1) is 22.7 Å². The van der Waals surface area contributed by atoms with E-state index < -0.39 is 18.2 Å². The van der Waals surface area contributed by atoms with Crippen LogP contribution in [0.4, 0.5) is 0 Å². The van der Waals surface area contributed by atoms with Gasteiger partial charge in [0.2, 0.25) is 0 Å². The van der Waals surface area contributed by atoms with Gasteiger partial charge in [-0.3, -0.25) is 0 Å². The molecule has 0 aliphatic heterocycles. The fourth-order valence-electron chi connectivity index (χ4n) is 2.52. The van der Waals surface area contributed by atoms with E-state index in [9.17, 15) is 15.0 Å². The zero-order chi connectivity index (χ0) is 22.3. The van der Waals surface area contributed by atoms with E-state index >= 15 is 0 Å². The molecule has 0 saturated carbocycles. The van der Waals surface area contributed by atoms with Crippen LogP contribution in [0.3, 0.4) is 0 Å². The molecule has 30 heavy (non-hydrogen) atoms. The lowest BCUT2D eigenvalue weighted by atomic mass is 10.0. The predicted octanol–water partition coefficient (Wildman–Crippen LogP) is 2.83. The van der Waals surface area contributed by atoms with Crippen LogP contribution >= 0.6 is 22.7 Å². The second-order valence-electron chi connectivity index (χ2n) is 6.67. The molecular formula is C20H26N2O6S2. The topological polar surface area (TPSA) is 111 Å². The number of thiazole rings is 2. The van der Waals surface area contributed by atoms with Crippen molar-refractivity contribution < 1.29 is 29.2 Å². The molecule has 1 unspecified atom stereocenters. The average molecular weight is 455 g/mol. The second-order valence-corrected chi connectivity index (χ2v) is 8.39. The summed E-state index contributed by atoms with van der Waals surface area (Å²) in [5.74, 6) is -0.275. The molecule has 2 heterocycles. The van der Waals surface area contributed by atoms with Crippen molar-refractivity contribution in [2.45, 2.75) is 25.6 Å². The first kappa shape index (κ1) is 24.2. The number of aromatic nitrogens is 2. The number of hydrogen-bond acceptors (Lipinski definition) is 10. The standard InChI is InChI=1S/C20H26N2O6S2/c1-12(16(27-4)8-17(24)28-5)15(26-3)7-6-13-9-29-18(21-13)14-10-30-19(22-14)20(2,25)11-23/h6-10,12,15,23,25H,11H2,1-5H3/b7-6+,16-8+/t12-,15+,20?/m1/s1. The Hall–Kier alpha value is -2.11. The zero-order valence-electron chi connectivity index (χ0n) is 17.5. The quantitative estimate of drug-likeness (QED) is 0.320. The lowest BCUT2D eigenvalue weighted by molar-refractivity contribution is -0.135. The fourth-order valence-corrected chi connectivity index (χ4v) is 4.20. The maximum absolute atomic E-state index is 11.5. The Morgan fingerprint density at radius 3 is 2.57 bits per heavy atom. The Kier molecular flexibility index (Phi) is 8.68. The van der Waals surface area contributed by atoms with Crippen molar-refractivity contribution in [2.24, 2.45) is 5.92 Å². The van der Waals surface area contributed by atoms with E-state index in [1.807, 2.05) is 24.5 Å². The fraction of sp³-hybridized carbons (Fsp3) is 0.450. The number of methoxy groups -OCH3 is 3. The van der Waals surface area contributed by atoms with Gasteiger partial charge in [-0.1, -0.05) is 13.0 Å². The summed E-state index contributed by atoms with van der Waals surface area (Å²) in [4.78, 5) is 20.5. The first-order valence-corrected chi connectivity index (χ1v) is 10.8. The van der Waals surface area contributed by atoms with Crippen LogP contribution in [0.15, 0.2) is 28.7 Å². The van der Waals surface area contributed by atoms with Gasteiger partial charge in [0.15, 0.2) is 0 Å². The summed E-state index contributed by atoms with van der Waals surface area (Å²) in [6.07, 6.45) is 4.62. The van der Waals surface area contributed by atoms with E-state index in [4.69, 9.17) is 9.47 Å². The summed E-state index contributed by atoms with van der Waals surface area (Å²) in [5, 5.41) is 24.2. The van der Waals surface area contributed by atoms with E-state index in [0.29, 0.717) is 21.5 Å². The monoisotopic (exact) mass is 454 g/mol. The summed E-state index contributed by atoms with van der Waals surface area (Å²) >= 11 is 2.70. The minimum absolute atomic E-state index is 0.227. The summed E-state index contributed by atoms with van der Waals surface area (Å²) in [7, 11) is 4.37. The number of rotatable bonds is 10. The van der Waals surface area contributed by atoms with Crippen LogP contribution in [-0.4, -0.2) is 60.2 Å². The SMILES string of the molecule is COC(=O)/C=C(/OC)[C@H](C)[C@H](/C=C/c1csc(-c2csc(C(C)(O)CO)n2)n1)OC. The maximum Gasteiger partial charge on any atom is 0.333 e. The van der Waals surface area contributed by atoms with Gasteiger partial charge >= 0.3 is 5.97 Å². The summed E-state index contributed by atoms with van der Waals surface area (Å²) in [5.41, 5.74) is -0.00189. The number of carbonyl (C=O) groups is 1. The highest BCUT2D eigenvalue weighted by Crippen LogP contribution is 2.30. The molecule has 0 fully saturated rings. The molecule has 0 aromatic carbocycles. The predicted molar refractivity (Wildman–Crippen MR) is 116 cm³/mol. The van der Waals surface area contributed by atoms with Gasteiger partial charge in [0.25, 0.3) is 0 Å². The first-order chi connectivity index (χ1) is 14.2. The molecule has 164 valence electrons. The smallest absolute Gasteiger partial charge is 0.333 e. The van der Waals surface area contributed by atoms with E-state index in [1.165, 1.54) is 49.9 Å². The van der Waals surface area contributed by atoms with Crippen LogP contribution in [0.25, 0.3) is 16.8 Å². The number of esters is 1. The number of carbonyl (C=O) groups excluding carboxylic acids is 1. The van der Waals surface area contributed by atoms with Crippen molar-refractivity contribution in [1.29, 1.82) is 0 Å². The van der Waals surface area contributed by atoms with Crippen LogP contribution in [0, 0.1) is 5.92 Å². The molecule has 0 aliphatic rings. The van der Waals surface area contributed by atoms with Gasteiger partial charge in [0.05, 0.1) is 38.7 Å². The van der Waals surface area contributed by atoms with Crippen molar-refractivity contribution >= 4 is 34.7 Å². The van der Waals surface area contributed by atoms with Crippen molar-refractivity contribution in [3.05, 3.63) is 39.4 Å². The highest BCUT2D eigenvalue weighted by Gasteiger charge is 2.26. The molecule has 0 amide bonds. The highest BCUT2D eigenvalue weighted by atomic mass is 32.1. The Morgan fingerprint density at radius 1 is 1.23 bits per heavy atom. The third-order valence-electron chi connectivity index (χ3n) is 4.38. The van der Waals surface area contributed by atoms with Crippen molar-refractivity contribution in [2.75, 3.05) is 27.9 Å². The van der Waals surface area contributed by atoms with Gasteiger partial charge in [0.1, 0.15) is 27.1 Å². The molecule has 2 N–H and O–H groups in total. The van der Waals surface area contributed by atoms with Crippen LogP contribution in [0.1, 0.15) is 24.5 Å². The maximum atomic E-state index is 11.5. The molecular weight excluding hydrogens is 428 g/mol. The molecule has 2 aromatic heterocycles. The van der Waals surface area contributed by atoms with Crippen LogP contribution in [0.2, 0.25) is 0 Å². The third kappa shape index (κ3) is 5.96. The van der Waals surface area contributed by atoms with E-state index in [1.54, 1.807) is 12.5 Å². The number of aliphatic hydroxyl groups excluding tert-OH is 1. The van der Waals surface area contributed by atoms with Crippen LogP contribution in [0.5, 0.6) is 0 Å². The molecule has 0 saturated heterocycles. The largest absolute Gasteiger partial charge is 0.500 e. The molecule has 0 aliphatic carbocycles. The van der Waals surface area contributed by atoms with Gasteiger partial charge in [0, 0.05) is 23.8 Å². The van der Waals surface area contributed by atoms with E-state index in [-0.39, 0.29) is 12.0 Å². The Labute approximate surface area is 183 Å². The first-order valence-electron chi connectivity index (χ1n) is 9.05. The molecule has 2 aromatic rings. The van der Waals surface area contributed by atoms with Crippen LogP contribution < -0.4 is 0 Å². The molecule has 8 nitrogen and oxygen atoms in total.